The number of para-hydroxylation sites is 3. The van der Waals surface area contributed by atoms with Crippen molar-refractivity contribution in [1.82, 2.24) is 14.5 Å². The van der Waals surface area contributed by atoms with Crippen LogP contribution in [0.2, 0.25) is 0 Å². The van der Waals surface area contributed by atoms with Crippen molar-refractivity contribution in [3.05, 3.63) is 198 Å². The first kappa shape index (κ1) is 32.8. The number of hydrogen-bond acceptors (Lipinski definition) is 2. The van der Waals surface area contributed by atoms with Gasteiger partial charge in [0, 0.05) is 44.0 Å². The number of rotatable bonds is 4. The maximum atomic E-state index is 4.03. The fourth-order valence-electron chi connectivity index (χ4n) is 9.17. The van der Waals surface area contributed by atoms with E-state index in [9.17, 15) is 0 Å². The molecule has 0 fully saturated rings. The van der Waals surface area contributed by atoms with Gasteiger partial charge in [0.05, 0.1) is 28.1 Å². The Bertz CT molecular complexity index is 3090. The van der Waals surface area contributed by atoms with E-state index in [4.69, 9.17) is 0 Å². The third-order valence-corrected chi connectivity index (χ3v) is 12.0. The molecule has 56 heavy (non-hydrogen) atoms. The molecular formula is C52H42N4. The summed E-state index contributed by atoms with van der Waals surface area (Å²) in [5.41, 5.74) is 13.4. The van der Waals surface area contributed by atoms with Crippen molar-refractivity contribution in [3.8, 4) is 11.4 Å². The summed E-state index contributed by atoms with van der Waals surface area (Å²) in [5, 5.41) is 15.5. The molecule has 0 radical (unpaired) electrons. The maximum Gasteiger partial charge on any atom is 0.104 e. The van der Waals surface area contributed by atoms with Gasteiger partial charge in [0.1, 0.15) is 6.17 Å². The van der Waals surface area contributed by atoms with E-state index in [1.54, 1.807) is 0 Å². The Labute approximate surface area is 326 Å². The lowest BCUT2D eigenvalue weighted by Gasteiger charge is -2.36. The van der Waals surface area contributed by atoms with Crippen molar-refractivity contribution in [3.63, 3.8) is 0 Å². The lowest BCUT2D eigenvalue weighted by molar-refractivity contribution is 0.505. The van der Waals surface area contributed by atoms with Crippen molar-refractivity contribution >= 4 is 60.1 Å². The Morgan fingerprint density at radius 1 is 0.446 bits per heavy atom. The first-order chi connectivity index (χ1) is 27.4. The fraction of sp³-hybridized carbons (Fsp3) is 0.115. The van der Waals surface area contributed by atoms with Gasteiger partial charge in [-0.15, -0.1) is 0 Å². The summed E-state index contributed by atoms with van der Waals surface area (Å²) in [6, 6.07) is 64.7. The van der Waals surface area contributed by atoms with Gasteiger partial charge in [-0.25, -0.2) is 0 Å². The van der Waals surface area contributed by atoms with E-state index in [1.807, 2.05) is 0 Å². The minimum absolute atomic E-state index is 0.00625. The monoisotopic (exact) mass is 722 g/mol. The Hall–Kier alpha value is -6.62. The topological polar surface area (TPSA) is 33.9 Å². The van der Waals surface area contributed by atoms with Crippen LogP contribution >= 0.6 is 0 Å². The first-order valence-electron chi connectivity index (χ1n) is 19.7. The van der Waals surface area contributed by atoms with Crippen molar-refractivity contribution in [2.75, 3.05) is 5.32 Å². The Kier molecular flexibility index (Phi) is 7.29. The molecule has 2 unspecified atom stereocenters. The van der Waals surface area contributed by atoms with E-state index in [0.29, 0.717) is 0 Å². The second-order valence-corrected chi connectivity index (χ2v) is 16.3. The number of nitrogens with one attached hydrogen (secondary N) is 2. The van der Waals surface area contributed by atoms with Crippen LogP contribution in [-0.2, 0) is 5.41 Å². The van der Waals surface area contributed by atoms with E-state index in [0.717, 1.165) is 11.4 Å². The van der Waals surface area contributed by atoms with Crippen LogP contribution < -0.4 is 10.6 Å². The number of nitrogens with zero attached hydrogens (tertiary/aromatic N) is 2. The molecule has 0 saturated carbocycles. The summed E-state index contributed by atoms with van der Waals surface area (Å²) < 4.78 is 4.84. The van der Waals surface area contributed by atoms with E-state index < -0.39 is 0 Å². The molecule has 0 bridgehead atoms. The third-order valence-electron chi connectivity index (χ3n) is 12.0. The van der Waals surface area contributed by atoms with Gasteiger partial charge in [-0.2, -0.15) is 0 Å². The van der Waals surface area contributed by atoms with Gasteiger partial charge in [-0.1, -0.05) is 154 Å². The van der Waals surface area contributed by atoms with Gasteiger partial charge in [0.15, 0.2) is 0 Å². The van der Waals surface area contributed by atoms with Gasteiger partial charge in [0.25, 0.3) is 0 Å². The number of aromatic nitrogens is 2. The highest BCUT2D eigenvalue weighted by molar-refractivity contribution is 6.12. The summed E-state index contributed by atoms with van der Waals surface area (Å²) in [5.74, 6) is 0. The molecule has 1 aliphatic rings. The van der Waals surface area contributed by atoms with Crippen LogP contribution in [0, 0.1) is 0 Å². The summed E-state index contributed by atoms with van der Waals surface area (Å²) in [4.78, 5) is 0. The Morgan fingerprint density at radius 3 is 1.68 bits per heavy atom. The zero-order valence-corrected chi connectivity index (χ0v) is 31.8. The zero-order valence-electron chi connectivity index (χ0n) is 31.8. The molecule has 0 spiro atoms. The van der Waals surface area contributed by atoms with Crippen molar-refractivity contribution < 1.29 is 0 Å². The molecule has 0 amide bonds. The number of fused-ring (bicyclic) bond motifs is 9. The molecule has 270 valence electrons. The largest absolute Gasteiger partial charge is 0.365 e. The number of benzene rings is 8. The van der Waals surface area contributed by atoms with Crippen LogP contribution in [0.4, 0.5) is 5.69 Å². The van der Waals surface area contributed by atoms with Crippen molar-refractivity contribution in [2.45, 2.75) is 38.4 Å². The van der Waals surface area contributed by atoms with Gasteiger partial charge in [0.2, 0.25) is 0 Å². The molecule has 3 heterocycles. The second-order valence-electron chi connectivity index (χ2n) is 16.3. The number of hydrogen-bond donors (Lipinski definition) is 2. The van der Waals surface area contributed by atoms with E-state index in [1.165, 1.54) is 82.3 Å². The minimum Gasteiger partial charge on any atom is -0.365 e. The van der Waals surface area contributed by atoms with Crippen LogP contribution in [0.25, 0.3) is 65.8 Å². The van der Waals surface area contributed by atoms with Crippen LogP contribution in [0.15, 0.2) is 176 Å². The summed E-state index contributed by atoms with van der Waals surface area (Å²) in [6.45, 7) is 6.84. The normalized spacial score (nSPS) is 15.8. The summed E-state index contributed by atoms with van der Waals surface area (Å²) in [6.07, 6.45) is -0.0584. The lowest BCUT2D eigenvalue weighted by Crippen LogP contribution is -2.37. The molecule has 10 aromatic rings. The first-order valence-corrected chi connectivity index (χ1v) is 19.7. The molecule has 2 N–H and O–H groups in total. The average molecular weight is 723 g/mol. The quantitative estimate of drug-likeness (QED) is 0.190. The highest BCUT2D eigenvalue weighted by atomic mass is 15.2. The molecule has 0 aliphatic carbocycles. The minimum atomic E-state index is -0.0584. The number of anilines is 1. The van der Waals surface area contributed by atoms with E-state index in [2.05, 4.69) is 216 Å². The molecule has 2 aromatic heterocycles. The van der Waals surface area contributed by atoms with Crippen molar-refractivity contribution in [2.24, 2.45) is 0 Å². The molecule has 0 saturated heterocycles. The maximum absolute atomic E-state index is 4.03. The molecular weight excluding hydrogens is 681 g/mol. The predicted octanol–water partition coefficient (Wildman–Crippen LogP) is 13.1. The molecule has 4 nitrogen and oxygen atoms in total. The summed E-state index contributed by atoms with van der Waals surface area (Å²) in [7, 11) is 0. The summed E-state index contributed by atoms with van der Waals surface area (Å²) >= 11 is 0. The van der Waals surface area contributed by atoms with Crippen LogP contribution in [0.5, 0.6) is 0 Å². The van der Waals surface area contributed by atoms with Crippen LogP contribution in [0.3, 0.4) is 0 Å². The van der Waals surface area contributed by atoms with Crippen LogP contribution in [-0.4, -0.2) is 9.13 Å². The average Bonchev–Trinajstić information content (AvgIpc) is 3.75. The Balaban J connectivity index is 1.05. The van der Waals surface area contributed by atoms with Gasteiger partial charge in [-0.3, -0.25) is 5.32 Å². The SMILES string of the molecule is CC(C)(C)c1cccc(C2Nc3c(ccc4ccccc34)C(c3ccc(-n4c5ccccc5c5ccc(-n6c7ccccc7c7ccccc76)cc54)cc3)N2)c1. The fourth-order valence-corrected chi connectivity index (χ4v) is 9.17. The van der Waals surface area contributed by atoms with Crippen LogP contribution in [0.1, 0.15) is 55.2 Å². The van der Waals surface area contributed by atoms with E-state index >= 15 is 0 Å². The molecule has 1 aliphatic heterocycles. The Morgan fingerprint density at radius 2 is 1.02 bits per heavy atom. The highest BCUT2D eigenvalue weighted by Crippen LogP contribution is 2.42. The van der Waals surface area contributed by atoms with Crippen molar-refractivity contribution in [1.29, 1.82) is 0 Å². The second kappa shape index (κ2) is 12.5. The van der Waals surface area contributed by atoms with Gasteiger partial charge >= 0.3 is 0 Å². The zero-order chi connectivity index (χ0) is 37.5. The molecule has 2 atom stereocenters. The molecule has 11 rings (SSSR count). The van der Waals surface area contributed by atoms with Gasteiger partial charge < -0.3 is 14.5 Å². The van der Waals surface area contributed by atoms with Gasteiger partial charge in [-0.05, 0) is 75.5 Å². The smallest absolute Gasteiger partial charge is 0.104 e. The standard InChI is InChI=1S/C52H42N4/c1-52(2,3)36-15-12-14-35(31-36)51-53-49(44-29-25-33-13-4-5-16-39(33)50(44)54-51)34-23-26-37(27-24-34)55-45-20-9-8-19-42(45)43-30-28-38(32-48(43)55)56-46-21-10-6-17-40(46)41-18-7-11-22-47(41)56/h4-32,49,51,53-54H,1-3H3. The predicted molar refractivity (Wildman–Crippen MR) is 236 cm³/mol. The molecule has 4 heteroatoms. The van der Waals surface area contributed by atoms with E-state index in [-0.39, 0.29) is 17.6 Å². The third kappa shape index (κ3) is 5.10. The highest BCUT2D eigenvalue weighted by Gasteiger charge is 2.30. The molecule has 8 aromatic carbocycles. The lowest BCUT2D eigenvalue weighted by atomic mass is 9.85.